The first kappa shape index (κ1) is 49.1. The molecule has 0 amide bonds. The Kier molecular flexibility index (Phi) is 40.1. The Morgan fingerprint density at radius 1 is 0.462 bits per heavy atom. The Labute approximate surface area is 320 Å². The van der Waals surface area contributed by atoms with Crippen LogP contribution in [0.2, 0.25) is 0 Å². The number of aliphatic hydroxyl groups is 1. The predicted octanol–water partition coefficient (Wildman–Crippen LogP) is 13.5. The number of hydrogen-bond acceptors (Lipinski definition) is 5. The van der Waals surface area contributed by atoms with E-state index in [9.17, 15) is 14.7 Å². The molecule has 1 unspecified atom stereocenters. The van der Waals surface area contributed by atoms with E-state index in [1.807, 2.05) is 0 Å². The molecule has 5 heteroatoms. The molecule has 0 aliphatic rings. The Morgan fingerprint density at radius 2 is 0.827 bits per heavy atom. The third kappa shape index (κ3) is 39.9. The lowest BCUT2D eigenvalue weighted by Gasteiger charge is -2.15. The third-order valence-corrected chi connectivity index (χ3v) is 8.67. The highest BCUT2D eigenvalue weighted by atomic mass is 16.6. The zero-order valence-corrected chi connectivity index (χ0v) is 33.5. The van der Waals surface area contributed by atoms with Gasteiger partial charge in [-0.3, -0.25) is 9.59 Å². The van der Waals surface area contributed by atoms with Crippen LogP contribution in [0.3, 0.4) is 0 Å². The Balaban J connectivity index is 3.65. The van der Waals surface area contributed by atoms with Crippen LogP contribution in [0.15, 0.2) is 85.1 Å². The maximum absolute atomic E-state index is 12.2. The number of aliphatic hydroxyl groups excluding tert-OH is 1. The summed E-state index contributed by atoms with van der Waals surface area (Å²) in [4.78, 5) is 24.3. The summed E-state index contributed by atoms with van der Waals surface area (Å²) in [6.07, 6.45) is 57.9. The fraction of sp³-hybridized carbons (Fsp3) is 0.660. The lowest BCUT2D eigenvalue weighted by Crippen LogP contribution is -2.28. The van der Waals surface area contributed by atoms with Crippen molar-refractivity contribution in [3.8, 4) is 0 Å². The molecule has 5 nitrogen and oxygen atoms in total. The maximum Gasteiger partial charge on any atom is 0.306 e. The minimum absolute atomic E-state index is 0.0877. The summed E-state index contributed by atoms with van der Waals surface area (Å²) in [5.74, 6) is -0.640. The molecule has 0 aromatic carbocycles. The number of rotatable bonds is 37. The topological polar surface area (TPSA) is 72.8 Å². The van der Waals surface area contributed by atoms with Crippen LogP contribution in [-0.4, -0.2) is 36.4 Å². The van der Waals surface area contributed by atoms with Crippen LogP contribution in [0, 0.1) is 0 Å². The minimum Gasteiger partial charge on any atom is -0.462 e. The van der Waals surface area contributed by atoms with Crippen molar-refractivity contribution in [1.29, 1.82) is 0 Å². The summed E-state index contributed by atoms with van der Waals surface area (Å²) in [5.41, 5.74) is 0. The second-order valence-electron chi connectivity index (χ2n) is 13.7. The van der Waals surface area contributed by atoms with Crippen molar-refractivity contribution in [2.45, 2.75) is 187 Å². The quantitative estimate of drug-likeness (QED) is 0.0393. The van der Waals surface area contributed by atoms with Crippen molar-refractivity contribution in [3.63, 3.8) is 0 Å². The van der Waals surface area contributed by atoms with Crippen molar-refractivity contribution in [3.05, 3.63) is 85.1 Å². The fourth-order valence-electron chi connectivity index (χ4n) is 5.49. The predicted molar refractivity (Wildman–Crippen MR) is 223 cm³/mol. The Bertz CT molecular complexity index is 999. The van der Waals surface area contributed by atoms with Crippen molar-refractivity contribution in [2.75, 3.05) is 13.2 Å². The molecule has 0 aromatic heterocycles. The molecule has 0 fully saturated rings. The van der Waals surface area contributed by atoms with Gasteiger partial charge in [-0.1, -0.05) is 163 Å². The van der Waals surface area contributed by atoms with Gasteiger partial charge in [0.15, 0.2) is 6.10 Å². The molecule has 0 saturated heterocycles. The first-order chi connectivity index (χ1) is 25.6. The van der Waals surface area contributed by atoms with Crippen LogP contribution in [0.1, 0.15) is 181 Å². The SMILES string of the molecule is CC/C=C\C/C=C\C/C=C\C/C=C\CCCCCCC(=O)OC(CO)COC(=O)CCCCCCCC/C=C\C/C=C\C/C=C\CCCCCCC. The molecule has 0 aromatic rings. The standard InChI is InChI=1S/C47H78O5/c1-3-5-7-9-11-13-15-17-19-21-22-23-24-26-27-29-31-33-35-37-39-41-46(49)51-44-45(43-48)52-47(50)42-40-38-36-34-32-30-28-25-20-18-16-14-12-10-8-6-4-2/h6,8,12,14-15,17-18,20-22,24,26,28,30,45,48H,3-5,7,9-11,13,16,19,23,25,27,29,31-44H2,1-2H3/b8-6-,14-12-,17-15-,20-18-,22-21-,26-24-,30-28-. The van der Waals surface area contributed by atoms with E-state index in [4.69, 9.17) is 9.47 Å². The van der Waals surface area contributed by atoms with Gasteiger partial charge in [0.2, 0.25) is 0 Å². The summed E-state index contributed by atoms with van der Waals surface area (Å²) in [7, 11) is 0. The average Bonchev–Trinajstić information content (AvgIpc) is 3.15. The van der Waals surface area contributed by atoms with Gasteiger partial charge >= 0.3 is 11.9 Å². The minimum atomic E-state index is -0.795. The number of hydrogen-bond donors (Lipinski definition) is 1. The fourth-order valence-corrected chi connectivity index (χ4v) is 5.49. The molecule has 52 heavy (non-hydrogen) atoms. The van der Waals surface area contributed by atoms with Crippen LogP contribution in [-0.2, 0) is 19.1 Å². The molecule has 296 valence electrons. The van der Waals surface area contributed by atoms with E-state index >= 15 is 0 Å². The van der Waals surface area contributed by atoms with Crippen LogP contribution < -0.4 is 0 Å². The zero-order valence-electron chi connectivity index (χ0n) is 33.5. The van der Waals surface area contributed by atoms with Crippen molar-refractivity contribution < 1.29 is 24.2 Å². The molecule has 1 atom stereocenters. The van der Waals surface area contributed by atoms with Crippen LogP contribution in [0.25, 0.3) is 0 Å². The molecular formula is C47H78O5. The molecule has 0 heterocycles. The number of allylic oxidation sites excluding steroid dienone is 14. The molecule has 0 aliphatic heterocycles. The highest BCUT2D eigenvalue weighted by Crippen LogP contribution is 2.11. The van der Waals surface area contributed by atoms with E-state index in [-0.39, 0.29) is 25.2 Å². The second kappa shape index (κ2) is 42.5. The lowest BCUT2D eigenvalue weighted by atomic mass is 10.1. The van der Waals surface area contributed by atoms with Gasteiger partial charge in [0, 0.05) is 12.8 Å². The molecule has 0 radical (unpaired) electrons. The monoisotopic (exact) mass is 723 g/mol. The van der Waals surface area contributed by atoms with Gasteiger partial charge in [-0.05, 0) is 89.9 Å². The number of ether oxygens (including phenoxy) is 2. The molecular weight excluding hydrogens is 645 g/mol. The van der Waals surface area contributed by atoms with Crippen molar-refractivity contribution >= 4 is 11.9 Å². The smallest absolute Gasteiger partial charge is 0.306 e. The first-order valence-corrected chi connectivity index (χ1v) is 21.1. The lowest BCUT2D eigenvalue weighted by molar-refractivity contribution is -0.161. The van der Waals surface area contributed by atoms with E-state index in [1.165, 1.54) is 57.8 Å². The maximum atomic E-state index is 12.2. The van der Waals surface area contributed by atoms with Crippen molar-refractivity contribution in [1.82, 2.24) is 0 Å². The summed E-state index contributed by atoms with van der Waals surface area (Å²) in [5, 5.41) is 9.57. The van der Waals surface area contributed by atoms with E-state index in [1.54, 1.807) is 0 Å². The van der Waals surface area contributed by atoms with E-state index in [0.717, 1.165) is 96.3 Å². The zero-order chi connectivity index (χ0) is 37.8. The molecule has 0 aliphatic carbocycles. The summed E-state index contributed by atoms with van der Waals surface area (Å²) >= 11 is 0. The average molecular weight is 723 g/mol. The van der Waals surface area contributed by atoms with Crippen LogP contribution >= 0.6 is 0 Å². The summed E-state index contributed by atoms with van der Waals surface area (Å²) in [6.45, 7) is 3.97. The van der Waals surface area contributed by atoms with E-state index in [0.29, 0.717) is 12.8 Å². The number of unbranched alkanes of at least 4 members (excludes halogenated alkanes) is 15. The van der Waals surface area contributed by atoms with Crippen molar-refractivity contribution in [2.24, 2.45) is 0 Å². The van der Waals surface area contributed by atoms with Gasteiger partial charge in [0.1, 0.15) is 6.61 Å². The van der Waals surface area contributed by atoms with E-state index in [2.05, 4.69) is 98.9 Å². The summed E-state index contributed by atoms with van der Waals surface area (Å²) < 4.78 is 10.6. The normalized spacial score (nSPS) is 13.1. The van der Waals surface area contributed by atoms with Gasteiger partial charge in [0.05, 0.1) is 6.61 Å². The van der Waals surface area contributed by atoms with Gasteiger partial charge in [-0.15, -0.1) is 0 Å². The highest BCUT2D eigenvalue weighted by molar-refractivity contribution is 5.70. The molecule has 0 bridgehead atoms. The molecule has 0 saturated carbocycles. The highest BCUT2D eigenvalue weighted by Gasteiger charge is 2.16. The van der Waals surface area contributed by atoms with Gasteiger partial charge in [-0.25, -0.2) is 0 Å². The molecule has 1 N–H and O–H groups in total. The third-order valence-electron chi connectivity index (χ3n) is 8.67. The molecule has 0 rings (SSSR count). The van der Waals surface area contributed by atoms with Gasteiger partial charge < -0.3 is 14.6 Å². The largest absolute Gasteiger partial charge is 0.462 e. The Hall–Kier alpha value is -2.92. The van der Waals surface area contributed by atoms with Crippen LogP contribution in [0.4, 0.5) is 0 Å². The van der Waals surface area contributed by atoms with Gasteiger partial charge in [0.25, 0.3) is 0 Å². The number of esters is 2. The number of carbonyl (C=O) groups is 2. The first-order valence-electron chi connectivity index (χ1n) is 21.1. The molecule has 0 spiro atoms. The van der Waals surface area contributed by atoms with Crippen LogP contribution in [0.5, 0.6) is 0 Å². The Morgan fingerprint density at radius 3 is 1.25 bits per heavy atom. The van der Waals surface area contributed by atoms with E-state index < -0.39 is 6.10 Å². The second-order valence-corrected chi connectivity index (χ2v) is 13.7. The number of carbonyl (C=O) groups excluding carboxylic acids is 2. The summed E-state index contributed by atoms with van der Waals surface area (Å²) in [6, 6.07) is 0. The van der Waals surface area contributed by atoms with Gasteiger partial charge in [-0.2, -0.15) is 0 Å².